The molecule has 2 atom stereocenters. The second-order valence-electron chi connectivity index (χ2n) is 8.49. The van der Waals surface area contributed by atoms with Crippen LogP contribution in [-0.4, -0.2) is 18.5 Å². The Hall–Kier alpha value is -3.31. The van der Waals surface area contributed by atoms with Gasteiger partial charge in [0.2, 0.25) is 0 Å². The third-order valence-electron chi connectivity index (χ3n) is 6.47. The van der Waals surface area contributed by atoms with Crippen LogP contribution in [0.1, 0.15) is 62.1 Å². The molecule has 0 amide bonds. The number of hydrogen-bond donors (Lipinski definition) is 0. The zero-order chi connectivity index (χ0) is 22.7. The molecule has 0 radical (unpaired) electrons. The van der Waals surface area contributed by atoms with Gasteiger partial charge < -0.3 is 9.47 Å². The SMILES string of the molecule is CCC(=O)Oc1c(OC(=O)CCCN=[N+]=[N-])ccc2c1-c1cccc3c1[C@@H](C2)C(C)CC3. The van der Waals surface area contributed by atoms with Gasteiger partial charge in [-0.05, 0) is 71.4 Å². The van der Waals surface area contributed by atoms with E-state index in [9.17, 15) is 9.59 Å². The zero-order valence-corrected chi connectivity index (χ0v) is 18.5. The summed E-state index contributed by atoms with van der Waals surface area (Å²) >= 11 is 0. The van der Waals surface area contributed by atoms with E-state index in [0.29, 0.717) is 24.0 Å². The predicted octanol–water partition coefficient (Wildman–Crippen LogP) is 5.89. The van der Waals surface area contributed by atoms with Gasteiger partial charge in [0.15, 0.2) is 11.5 Å². The van der Waals surface area contributed by atoms with Crippen molar-refractivity contribution < 1.29 is 19.1 Å². The maximum atomic E-state index is 12.4. The molecule has 2 aromatic carbocycles. The fraction of sp³-hybridized carbons (Fsp3) is 0.440. The highest BCUT2D eigenvalue weighted by Crippen LogP contribution is 2.53. The van der Waals surface area contributed by atoms with Gasteiger partial charge in [0.25, 0.3) is 0 Å². The molecule has 2 aliphatic rings. The Bertz CT molecular complexity index is 1100. The summed E-state index contributed by atoms with van der Waals surface area (Å²) in [4.78, 5) is 27.4. The van der Waals surface area contributed by atoms with Gasteiger partial charge in [-0.1, -0.05) is 43.2 Å². The van der Waals surface area contributed by atoms with E-state index in [4.69, 9.17) is 15.0 Å². The fourth-order valence-electron chi connectivity index (χ4n) is 4.85. The molecule has 0 spiro atoms. The van der Waals surface area contributed by atoms with Gasteiger partial charge >= 0.3 is 11.9 Å². The molecule has 0 heterocycles. The van der Waals surface area contributed by atoms with Crippen molar-refractivity contribution in [3.8, 4) is 22.6 Å². The molecular weight excluding hydrogens is 406 g/mol. The summed E-state index contributed by atoms with van der Waals surface area (Å²) in [5.74, 6) is 0.754. The molecule has 0 fully saturated rings. The number of hydrogen-bond acceptors (Lipinski definition) is 5. The van der Waals surface area contributed by atoms with E-state index in [-0.39, 0.29) is 31.1 Å². The van der Waals surface area contributed by atoms with Crippen LogP contribution in [0.25, 0.3) is 21.6 Å². The Morgan fingerprint density at radius 2 is 2.00 bits per heavy atom. The topological polar surface area (TPSA) is 101 Å². The van der Waals surface area contributed by atoms with E-state index in [1.165, 1.54) is 17.5 Å². The Morgan fingerprint density at radius 3 is 2.78 bits per heavy atom. The summed E-state index contributed by atoms with van der Waals surface area (Å²) in [7, 11) is 0. The third-order valence-corrected chi connectivity index (χ3v) is 6.47. The van der Waals surface area contributed by atoms with E-state index in [1.807, 2.05) is 6.07 Å². The van der Waals surface area contributed by atoms with Crippen molar-refractivity contribution in [1.82, 2.24) is 0 Å². The number of carbonyl (C=O) groups is 2. The molecule has 0 N–H and O–H groups in total. The van der Waals surface area contributed by atoms with Crippen LogP contribution in [-0.2, 0) is 22.4 Å². The van der Waals surface area contributed by atoms with Gasteiger partial charge in [0, 0.05) is 29.9 Å². The number of aryl methyl sites for hydroxylation is 1. The van der Waals surface area contributed by atoms with E-state index in [2.05, 4.69) is 35.1 Å². The average molecular weight is 434 g/mol. The van der Waals surface area contributed by atoms with Crippen molar-refractivity contribution in [1.29, 1.82) is 0 Å². The van der Waals surface area contributed by atoms with E-state index < -0.39 is 5.97 Å². The highest BCUT2D eigenvalue weighted by atomic mass is 16.6. The maximum absolute atomic E-state index is 12.4. The molecule has 7 heteroatoms. The summed E-state index contributed by atoms with van der Waals surface area (Å²) in [5.41, 5.74) is 14.1. The number of carbonyl (C=O) groups excluding carboxylic acids is 2. The molecule has 166 valence electrons. The first kappa shape index (κ1) is 21.9. The number of ether oxygens (including phenoxy) is 2. The second kappa shape index (κ2) is 9.45. The number of esters is 2. The number of azide groups is 1. The smallest absolute Gasteiger partial charge is 0.311 e. The van der Waals surface area contributed by atoms with Gasteiger partial charge in [0.1, 0.15) is 0 Å². The number of nitrogens with zero attached hydrogens (tertiary/aromatic N) is 3. The molecule has 0 saturated carbocycles. The Morgan fingerprint density at radius 1 is 1.16 bits per heavy atom. The van der Waals surface area contributed by atoms with E-state index in [1.54, 1.807) is 13.0 Å². The molecule has 7 nitrogen and oxygen atoms in total. The van der Waals surface area contributed by atoms with Gasteiger partial charge in [-0.25, -0.2) is 0 Å². The van der Waals surface area contributed by atoms with Crippen LogP contribution in [0.2, 0.25) is 0 Å². The highest BCUT2D eigenvalue weighted by molar-refractivity contribution is 5.87. The van der Waals surface area contributed by atoms with Gasteiger partial charge in [-0.15, -0.1) is 0 Å². The summed E-state index contributed by atoms with van der Waals surface area (Å²) in [5, 5.41) is 3.44. The molecule has 1 unspecified atom stereocenters. The van der Waals surface area contributed by atoms with Crippen molar-refractivity contribution in [2.45, 2.75) is 58.3 Å². The molecule has 32 heavy (non-hydrogen) atoms. The second-order valence-corrected chi connectivity index (χ2v) is 8.49. The van der Waals surface area contributed by atoms with Crippen molar-refractivity contribution in [3.05, 3.63) is 57.5 Å². The van der Waals surface area contributed by atoms with Crippen LogP contribution in [0, 0.1) is 5.92 Å². The van der Waals surface area contributed by atoms with Crippen LogP contribution in [0.4, 0.5) is 0 Å². The maximum Gasteiger partial charge on any atom is 0.311 e. The van der Waals surface area contributed by atoms with Crippen LogP contribution in [0.3, 0.4) is 0 Å². The lowest BCUT2D eigenvalue weighted by Gasteiger charge is -2.38. The minimum Gasteiger partial charge on any atom is -0.422 e. The highest BCUT2D eigenvalue weighted by Gasteiger charge is 2.36. The first-order valence-corrected chi connectivity index (χ1v) is 11.2. The predicted molar refractivity (Wildman–Crippen MR) is 121 cm³/mol. The number of fused-ring (bicyclic) bond motifs is 2. The third kappa shape index (κ3) is 4.21. The Balaban J connectivity index is 1.76. The molecular formula is C25H27N3O4. The summed E-state index contributed by atoms with van der Waals surface area (Å²) in [6, 6.07) is 10.0. The van der Waals surface area contributed by atoms with Gasteiger partial charge in [-0.2, -0.15) is 0 Å². The summed E-state index contributed by atoms with van der Waals surface area (Å²) < 4.78 is 11.4. The minimum absolute atomic E-state index is 0.109. The fourth-order valence-corrected chi connectivity index (χ4v) is 4.85. The normalized spacial score (nSPS) is 18.1. The quantitative estimate of drug-likeness (QED) is 0.136. The standard InChI is InChI=1S/C25H27N3O4/c1-3-21(29)32-25-20(31-22(30)8-5-13-27-28-26)12-11-17-14-19-15(2)9-10-16-6-4-7-18(23(16)19)24(17)25/h4,6-7,11-12,15,19H,3,5,8-10,13-14H2,1-2H3/t15?,19-/m0/s1. The number of benzene rings is 2. The molecule has 0 saturated heterocycles. The molecule has 0 aromatic heterocycles. The van der Waals surface area contributed by atoms with Crippen molar-refractivity contribution in [2.24, 2.45) is 11.0 Å². The molecule has 2 aromatic rings. The lowest BCUT2D eigenvalue weighted by molar-refractivity contribution is -0.137. The number of rotatable bonds is 7. The van der Waals surface area contributed by atoms with E-state index in [0.717, 1.165) is 29.5 Å². The molecule has 0 aliphatic heterocycles. The van der Waals surface area contributed by atoms with Gasteiger partial charge in [-0.3, -0.25) is 9.59 Å². The van der Waals surface area contributed by atoms with Crippen molar-refractivity contribution in [3.63, 3.8) is 0 Å². The van der Waals surface area contributed by atoms with Crippen LogP contribution in [0.5, 0.6) is 11.5 Å². The first-order chi connectivity index (χ1) is 15.5. The first-order valence-electron chi connectivity index (χ1n) is 11.2. The van der Waals surface area contributed by atoms with E-state index >= 15 is 0 Å². The van der Waals surface area contributed by atoms with Crippen molar-refractivity contribution in [2.75, 3.05) is 6.54 Å². The molecule has 0 bridgehead atoms. The summed E-state index contributed by atoms with van der Waals surface area (Å²) in [6.45, 7) is 4.27. The zero-order valence-electron chi connectivity index (χ0n) is 18.5. The van der Waals surface area contributed by atoms with Crippen LogP contribution < -0.4 is 9.47 Å². The molecule has 4 rings (SSSR count). The summed E-state index contributed by atoms with van der Waals surface area (Å²) in [6.07, 6.45) is 3.80. The van der Waals surface area contributed by atoms with Crippen LogP contribution >= 0.6 is 0 Å². The Kier molecular flexibility index (Phi) is 6.47. The van der Waals surface area contributed by atoms with Crippen LogP contribution in [0.15, 0.2) is 35.4 Å². The lowest BCUT2D eigenvalue weighted by Crippen LogP contribution is -2.25. The minimum atomic E-state index is -0.454. The monoisotopic (exact) mass is 433 g/mol. The van der Waals surface area contributed by atoms with Crippen molar-refractivity contribution >= 4 is 11.9 Å². The van der Waals surface area contributed by atoms with Gasteiger partial charge in [0.05, 0.1) is 0 Å². The largest absolute Gasteiger partial charge is 0.422 e. The Labute approximate surface area is 187 Å². The average Bonchev–Trinajstić information content (AvgIpc) is 2.80. The lowest BCUT2D eigenvalue weighted by atomic mass is 9.67. The molecule has 2 aliphatic carbocycles.